The van der Waals surface area contributed by atoms with E-state index in [4.69, 9.17) is 9.47 Å². The van der Waals surface area contributed by atoms with Gasteiger partial charge in [0.2, 0.25) is 5.91 Å². The number of aliphatic hydroxyl groups excluding tert-OH is 1. The summed E-state index contributed by atoms with van der Waals surface area (Å²) >= 11 is 0. The molecule has 0 aliphatic heterocycles. The molecular weight excluding hydrogens is 312 g/mol. The summed E-state index contributed by atoms with van der Waals surface area (Å²) in [6.07, 6.45) is -0.730. The van der Waals surface area contributed by atoms with E-state index in [0.29, 0.717) is 12.2 Å². The number of aliphatic hydroxyl groups is 1. The Kier molecular flexibility index (Phi) is 8.21. The van der Waals surface area contributed by atoms with E-state index in [1.165, 1.54) is 19.1 Å². The summed E-state index contributed by atoms with van der Waals surface area (Å²) in [5.41, 5.74) is 0.746. The molecular formula is C17H26N2O5. The lowest BCUT2D eigenvalue weighted by atomic mass is 10.1. The van der Waals surface area contributed by atoms with Gasteiger partial charge >= 0.3 is 5.97 Å². The van der Waals surface area contributed by atoms with Crippen LogP contribution in [0, 0.1) is 0 Å². The van der Waals surface area contributed by atoms with E-state index in [2.05, 4.69) is 10.6 Å². The van der Waals surface area contributed by atoms with Gasteiger partial charge in [-0.3, -0.25) is 4.79 Å². The van der Waals surface area contributed by atoms with Crippen LogP contribution in [0.25, 0.3) is 0 Å². The van der Waals surface area contributed by atoms with Crippen molar-refractivity contribution in [3.05, 3.63) is 23.8 Å². The molecule has 1 aromatic rings. The predicted molar refractivity (Wildman–Crippen MR) is 91.3 cm³/mol. The number of esters is 1. The van der Waals surface area contributed by atoms with Gasteiger partial charge in [0.05, 0.1) is 6.61 Å². The number of amides is 1. The molecule has 1 aromatic carbocycles. The summed E-state index contributed by atoms with van der Waals surface area (Å²) in [4.78, 5) is 23.2. The molecule has 0 fully saturated rings. The zero-order valence-electron chi connectivity index (χ0n) is 14.6. The summed E-state index contributed by atoms with van der Waals surface area (Å²) < 4.78 is 10.6. The Morgan fingerprint density at radius 2 is 2.00 bits per heavy atom. The third kappa shape index (κ3) is 6.97. The van der Waals surface area contributed by atoms with E-state index < -0.39 is 12.1 Å². The van der Waals surface area contributed by atoms with Crippen molar-refractivity contribution in [2.75, 3.05) is 25.1 Å². The minimum absolute atomic E-state index is 0.00957. The molecule has 1 rings (SSSR count). The van der Waals surface area contributed by atoms with E-state index in [9.17, 15) is 14.7 Å². The average molecular weight is 338 g/mol. The number of hydrogen-bond acceptors (Lipinski definition) is 6. The van der Waals surface area contributed by atoms with E-state index in [-0.39, 0.29) is 36.5 Å². The van der Waals surface area contributed by atoms with Gasteiger partial charge in [-0.05, 0) is 19.1 Å². The fourth-order valence-corrected chi connectivity index (χ4v) is 1.92. The van der Waals surface area contributed by atoms with Crippen molar-refractivity contribution < 1.29 is 24.2 Å². The molecule has 0 aliphatic rings. The van der Waals surface area contributed by atoms with Gasteiger partial charge in [-0.25, -0.2) is 4.79 Å². The van der Waals surface area contributed by atoms with E-state index >= 15 is 0 Å². The lowest BCUT2D eigenvalue weighted by molar-refractivity contribution is -0.114. The first-order valence-corrected chi connectivity index (χ1v) is 7.96. The van der Waals surface area contributed by atoms with Crippen LogP contribution in [0.5, 0.6) is 5.75 Å². The average Bonchev–Trinajstić information content (AvgIpc) is 2.50. The molecule has 1 atom stereocenters. The number of ether oxygens (including phenoxy) is 2. The monoisotopic (exact) mass is 338 g/mol. The number of anilines is 1. The number of rotatable bonds is 9. The molecule has 7 nitrogen and oxygen atoms in total. The predicted octanol–water partition coefficient (Wildman–Crippen LogP) is 1.56. The van der Waals surface area contributed by atoms with Gasteiger partial charge in [0.15, 0.2) is 0 Å². The normalized spacial score (nSPS) is 11.9. The maximum absolute atomic E-state index is 12.0. The topological polar surface area (TPSA) is 96.9 Å². The number of benzene rings is 1. The molecule has 0 spiro atoms. The largest absolute Gasteiger partial charge is 0.490 e. The van der Waals surface area contributed by atoms with Gasteiger partial charge < -0.3 is 25.2 Å². The maximum atomic E-state index is 12.0. The van der Waals surface area contributed by atoms with Crippen LogP contribution >= 0.6 is 0 Å². The van der Waals surface area contributed by atoms with Crippen LogP contribution in [0.3, 0.4) is 0 Å². The second kappa shape index (κ2) is 9.89. The van der Waals surface area contributed by atoms with Crippen LogP contribution in [-0.4, -0.2) is 48.9 Å². The van der Waals surface area contributed by atoms with Crippen molar-refractivity contribution in [3.63, 3.8) is 0 Å². The van der Waals surface area contributed by atoms with Crippen molar-refractivity contribution in [3.8, 4) is 5.75 Å². The van der Waals surface area contributed by atoms with Crippen molar-refractivity contribution in [1.29, 1.82) is 0 Å². The molecule has 7 heteroatoms. The Labute approximate surface area is 142 Å². The maximum Gasteiger partial charge on any atom is 0.341 e. The molecule has 0 saturated heterocycles. The molecule has 0 heterocycles. The Morgan fingerprint density at radius 3 is 2.58 bits per heavy atom. The highest BCUT2D eigenvalue weighted by molar-refractivity contribution is 5.95. The molecule has 1 amide bonds. The minimum Gasteiger partial charge on any atom is -0.490 e. The Morgan fingerprint density at radius 1 is 1.29 bits per heavy atom. The fraction of sp³-hybridized carbons (Fsp3) is 0.529. The second-order valence-corrected chi connectivity index (χ2v) is 5.64. The quantitative estimate of drug-likeness (QED) is 0.591. The van der Waals surface area contributed by atoms with Gasteiger partial charge in [-0.2, -0.15) is 0 Å². The first-order valence-electron chi connectivity index (χ1n) is 7.96. The van der Waals surface area contributed by atoms with Crippen molar-refractivity contribution in [2.24, 2.45) is 0 Å². The summed E-state index contributed by atoms with van der Waals surface area (Å²) in [5, 5.41) is 15.7. The van der Waals surface area contributed by atoms with Crippen molar-refractivity contribution in [1.82, 2.24) is 5.32 Å². The third-order valence-corrected chi connectivity index (χ3v) is 2.99. The number of nitrogens with one attached hydrogen (secondary N) is 2. The molecule has 0 bridgehead atoms. The van der Waals surface area contributed by atoms with Crippen LogP contribution < -0.4 is 15.4 Å². The lowest BCUT2D eigenvalue weighted by Gasteiger charge is -2.17. The lowest BCUT2D eigenvalue weighted by Crippen LogP contribution is -2.35. The highest BCUT2D eigenvalue weighted by Crippen LogP contribution is 2.24. The minimum atomic E-state index is -0.730. The van der Waals surface area contributed by atoms with E-state index in [1.54, 1.807) is 13.0 Å². The van der Waals surface area contributed by atoms with Gasteiger partial charge in [0.25, 0.3) is 0 Å². The number of hydrogen-bond donors (Lipinski definition) is 3. The van der Waals surface area contributed by atoms with Gasteiger partial charge in [-0.15, -0.1) is 0 Å². The SMILES string of the molecule is CCOC(=O)c1ccc(NC(C)=O)cc1OCC(O)CNC(C)C. The molecule has 134 valence electrons. The van der Waals surface area contributed by atoms with Crippen molar-refractivity contribution >= 4 is 17.6 Å². The fourth-order valence-electron chi connectivity index (χ4n) is 1.92. The molecule has 0 saturated carbocycles. The highest BCUT2D eigenvalue weighted by atomic mass is 16.5. The van der Waals surface area contributed by atoms with Gasteiger partial charge in [0, 0.05) is 31.3 Å². The second-order valence-electron chi connectivity index (χ2n) is 5.64. The van der Waals surface area contributed by atoms with Crippen molar-refractivity contribution in [2.45, 2.75) is 39.8 Å². The Balaban J connectivity index is 2.85. The van der Waals surface area contributed by atoms with Crippen LogP contribution in [-0.2, 0) is 9.53 Å². The molecule has 3 N–H and O–H groups in total. The first kappa shape index (κ1) is 19.9. The van der Waals surface area contributed by atoms with Crippen LogP contribution in [0.4, 0.5) is 5.69 Å². The Hall–Kier alpha value is -2.12. The standard InChI is InChI=1S/C17H26N2O5/c1-5-23-17(22)15-7-6-13(19-12(4)20)8-16(15)24-10-14(21)9-18-11(2)3/h6-8,11,14,18,21H,5,9-10H2,1-4H3,(H,19,20). The summed E-state index contributed by atoms with van der Waals surface area (Å²) in [6, 6.07) is 4.91. The van der Waals surface area contributed by atoms with Gasteiger partial charge in [-0.1, -0.05) is 13.8 Å². The Bertz CT molecular complexity index is 560. The van der Waals surface area contributed by atoms with Crippen LogP contribution in [0.2, 0.25) is 0 Å². The highest BCUT2D eigenvalue weighted by Gasteiger charge is 2.16. The van der Waals surface area contributed by atoms with Crippen LogP contribution in [0.15, 0.2) is 18.2 Å². The molecule has 0 aliphatic carbocycles. The zero-order chi connectivity index (χ0) is 18.1. The summed E-state index contributed by atoms with van der Waals surface area (Å²) in [6.45, 7) is 7.68. The first-order chi connectivity index (χ1) is 11.3. The molecule has 1 unspecified atom stereocenters. The van der Waals surface area contributed by atoms with Crippen LogP contribution in [0.1, 0.15) is 38.1 Å². The smallest absolute Gasteiger partial charge is 0.341 e. The van der Waals surface area contributed by atoms with Gasteiger partial charge in [0.1, 0.15) is 24.0 Å². The number of carbonyl (C=O) groups is 2. The summed E-state index contributed by atoms with van der Waals surface area (Å²) in [5.74, 6) is -0.494. The molecule has 0 radical (unpaired) electrons. The van der Waals surface area contributed by atoms with E-state index in [1.807, 2.05) is 13.8 Å². The molecule has 0 aromatic heterocycles. The molecule has 24 heavy (non-hydrogen) atoms. The number of carbonyl (C=O) groups excluding carboxylic acids is 2. The van der Waals surface area contributed by atoms with E-state index in [0.717, 1.165) is 0 Å². The zero-order valence-corrected chi connectivity index (χ0v) is 14.6. The summed E-state index contributed by atoms with van der Waals surface area (Å²) in [7, 11) is 0. The third-order valence-electron chi connectivity index (χ3n) is 2.99.